The van der Waals surface area contributed by atoms with Crippen LogP contribution in [0.4, 0.5) is 0 Å². The summed E-state index contributed by atoms with van der Waals surface area (Å²) in [7, 11) is 1.92. The third-order valence-corrected chi connectivity index (χ3v) is 5.82. The van der Waals surface area contributed by atoms with Crippen LogP contribution in [-0.4, -0.2) is 56.7 Å². The third kappa shape index (κ3) is 3.23. The lowest BCUT2D eigenvalue weighted by Gasteiger charge is -2.34. The molecule has 0 radical (unpaired) electrons. The van der Waals surface area contributed by atoms with Crippen molar-refractivity contribution in [3.05, 3.63) is 34.0 Å². The molecule has 2 fully saturated rings. The zero-order valence-corrected chi connectivity index (χ0v) is 15.0. The van der Waals surface area contributed by atoms with Gasteiger partial charge in [-0.3, -0.25) is 14.4 Å². The average molecular weight is 345 g/mol. The summed E-state index contributed by atoms with van der Waals surface area (Å²) in [6.07, 6.45) is 4.90. The molecule has 1 aliphatic heterocycles. The number of nitrogens with zero attached hydrogens (tertiary/aromatic N) is 5. The molecule has 3 heterocycles. The van der Waals surface area contributed by atoms with Gasteiger partial charge < -0.3 is 4.90 Å². The highest BCUT2D eigenvalue weighted by molar-refractivity contribution is 7.09. The number of amides is 1. The van der Waals surface area contributed by atoms with Gasteiger partial charge in [-0.1, -0.05) is 0 Å². The zero-order chi connectivity index (χ0) is 16.7. The maximum absolute atomic E-state index is 12.7. The molecule has 1 aliphatic carbocycles. The Morgan fingerprint density at radius 1 is 1.33 bits per heavy atom. The number of rotatable bonds is 4. The molecule has 0 unspecified atom stereocenters. The predicted octanol–water partition coefficient (Wildman–Crippen LogP) is 1.63. The quantitative estimate of drug-likeness (QED) is 0.845. The minimum absolute atomic E-state index is 0.168. The van der Waals surface area contributed by atoms with Crippen molar-refractivity contribution in [1.29, 1.82) is 0 Å². The lowest BCUT2D eigenvalue weighted by atomic mass is 10.1. The molecule has 24 heavy (non-hydrogen) atoms. The summed E-state index contributed by atoms with van der Waals surface area (Å²) in [6, 6.07) is 0. The summed E-state index contributed by atoms with van der Waals surface area (Å²) >= 11 is 1.70. The Labute approximate surface area is 146 Å². The normalized spacial score (nSPS) is 24.3. The summed E-state index contributed by atoms with van der Waals surface area (Å²) in [5.41, 5.74) is 2.35. The van der Waals surface area contributed by atoms with Crippen LogP contribution in [0.2, 0.25) is 0 Å². The van der Waals surface area contributed by atoms with Crippen molar-refractivity contribution in [1.82, 2.24) is 24.6 Å². The van der Waals surface area contributed by atoms with Crippen LogP contribution in [0.3, 0.4) is 0 Å². The summed E-state index contributed by atoms with van der Waals surface area (Å²) in [5, 5.41) is 7.47. The van der Waals surface area contributed by atoms with Crippen molar-refractivity contribution in [2.45, 2.75) is 25.8 Å². The van der Waals surface area contributed by atoms with Gasteiger partial charge in [0.25, 0.3) is 0 Å². The Kier molecular flexibility index (Phi) is 4.14. The summed E-state index contributed by atoms with van der Waals surface area (Å²) < 4.78 is 1.81. The van der Waals surface area contributed by atoms with Crippen molar-refractivity contribution in [3.63, 3.8) is 0 Å². The van der Waals surface area contributed by atoms with E-state index in [2.05, 4.69) is 20.4 Å². The number of aromatic nitrogens is 3. The van der Waals surface area contributed by atoms with Crippen LogP contribution < -0.4 is 0 Å². The van der Waals surface area contributed by atoms with Gasteiger partial charge >= 0.3 is 0 Å². The summed E-state index contributed by atoms with van der Waals surface area (Å²) in [6.45, 7) is 6.48. The van der Waals surface area contributed by atoms with Gasteiger partial charge in [-0.05, 0) is 24.8 Å². The molecule has 2 aromatic rings. The van der Waals surface area contributed by atoms with E-state index < -0.39 is 0 Å². The van der Waals surface area contributed by atoms with Crippen LogP contribution >= 0.6 is 11.3 Å². The molecule has 1 saturated carbocycles. The van der Waals surface area contributed by atoms with E-state index in [4.69, 9.17) is 0 Å². The molecule has 2 aromatic heterocycles. The van der Waals surface area contributed by atoms with E-state index in [1.807, 2.05) is 35.9 Å². The second-order valence-corrected chi connectivity index (χ2v) is 7.92. The second-order valence-electron chi connectivity index (χ2n) is 6.86. The molecule has 1 saturated heterocycles. The molecule has 2 aliphatic rings. The van der Waals surface area contributed by atoms with Gasteiger partial charge in [0, 0.05) is 57.3 Å². The number of thiazole rings is 1. The van der Waals surface area contributed by atoms with E-state index >= 15 is 0 Å². The molecule has 0 bridgehead atoms. The maximum Gasteiger partial charge on any atom is 0.226 e. The number of carbonyl (C=O) groups is 1. The van der Waals surface area contributed by atoms with Gasteiger partial charge in [0.05, 0.1) is 16.9 Å². The minimum atomic E-state index is 0.168. The van der Waals surface area contributed by atoms with E-state index in [0.29, 0.717) is 11.8 Å². The first-order valence-corrected chi connectivity index (χ1v) is 9.39. The Balaban J connectivity index is 1.28. The Morgan fingerprint density at radius 2 is 2.12 bits per heavy atom. The second kappa shape index (κ2) is 6.29. The highest BCUT2D eigenvalue weighted by Gasteiger charge is 2.46. The van der Waals surface area contributed by atoms with Crippen LogP contribution in [0.25, 0.3) is 0 Å². The fourth-order valence-electron chi connectivity index (χ4n) is 3.54. The highest BCUT2D eigenvalue weighted by Crippen LogP contribution is 2.48. The largest absolute Gasteiger partial charge is 0.340 e. The highest BCUT2D eigenvalue weighted by atomic mass is 32.1. The Hall–Kier alpha value is -1.73. The van der Waals surface area contributed by atoms with Crippen LogP contribution in [0, 0.1) is 12.8 Å². The molecule has 2 atom stereocenters. The van der Waals surface area contributed by atoms with Gasteiger partial charge in [0.15, 0.2) is 0 Å². The van der Waals surface area contributed by atoms with Crippen molar-refractivity contribution < 1.29 is 4.79 Å². The standard InChI is InChI=1S/C17H23N5OS/c1-12-19-14(11-24-12)10-21-3-5-22(6-4-21)17(23)16-7-15(16)13-8-18-20(2)9-13/h8-9,11,15-16H,3-7,10H2,1-2H3/t15-,16+/m1/s1. The number of hydrogen-bond acceptors (Lipinski definition) is 5. The first kappa shape index (κ1) is 15.8. The fourth-order valence-corrected chi connectivity index (χ4v) is 4.14. The monoisotopic (exact) mass is 345 g/mol. The van der Waals surface area contributed by atoms with E-state index in [9.17, 15) is 4.79 Å². The summed E-state index contributed by atoms with van der Waals surface area (Å²) in [4.78, 5) is 21.7. The van der Waals surface area contributed by atoms with Crippen molar-refractivity contribution in [3.8, 4) is 0 Å². The first-order valence-electron chi connectivity index (χ1n) is 8.51. The fraction of sp³-hybridized carbons (Fsp3) is 0.588. The van der Waals surface area contributed by atoms with Crippen molar-refractivity contribution in [2.75, 3.05) is 26.2 Å². The molecule has 4 rings (SSSR count). The molecule has 0 spiro atoms. The lowest BCUT2D eigenvalue weighted by molar-refractivity contribution is -0.134. The number of hydrogen-bond donors (Lipinski definition) is 0. The third-order valence-electron chi connectivity index (χ3n) is 5.00. The van der Waals surface area contributed by atoms with E-state index in [1.165, 1.54) is 5.56 Å². The SMILES string of the molecule is Cc1nc(CN2CCN(C(=O)[C@H]3C[C@@H]3c3cnn(C)c3)CC2)cs1. The molecule has 6 nitrogen and oxygen atoms in total. The van der Waals surface area contributed by atoms with Crippen molar-refractivity contribution in [2.24, 2.45) is 13.0 Å². The van der Waals surface area contributed by atoms with E-state index in [1.54, 1.807) is 11.3 Å². The topological polar surface area (TPSA) is 54.3 Å². The van der Waals surface area contributed by atoms with Crippen LogP contribution in [0.5, 0.6) is 0 Å². The number of aryl methyl sites for hydroxylation is 2. The smallest absolute Gasteiger partial charge is 0.226 e. The number of piperazine rings is 1. The molecule has 0 aromatic carbocycles. The average Bonchev–Trinajstić information content (AvgIpc) is 3.09. The Bertz CT molecular complexity index is 731. The molecule has 128 valence electrons. The molecule has 0 N–H and O–H groups in total. The maximum atomic E-state index is 12.7. The lowest BCUT2D eigenvalue weighted by Crippen LogP contribution is -2.48. The van der Waals surface area contributed by atoms with Gasteiger partial charge in [0.1, 0.15) is 0 Å². The van der Waals surface area contributed by atoms with E-state index in [0.717, 1.165) is 49.8 Å². The molecular formula is C17H23N5OS. The minimum Gasteiger partial charge on any atom is -0.340 e. The number of carbonyl (C=O) groups excluding carboxylic acids is 1. The van der Waals surface area contributed by atoms with Gasteiger partial charge in [-0.2, -0.15) is 5.10 Å². The van der Waals surface area contributed by atoms with Crippen LogP contribution in [0.15, 0.2) is 17.8 Å². The predicted molar refractivity (Wildman–Crippen MR) is 92.8 cm³/mol. The summed E-state index contributed by atoms with van der Waals surface area (Å²) in [5.74, 6) is 0.872. The van der Waals surface area contributed by atoms with Crippen LogP contribution in [-0.2, 0) is 18.4 Å². The Morgan fingerprint density at radius 3 is 2.75 bits per heavy atom. The molecular weight excluding hydrogens is 322 g/mol. The first-order chi connectivity index (χ1) is 11.6. The van der Waals surface area contributed by atoms with E-state index in [-0.39, 0.29) is 5.92 Å². The zero-order valence-electron chi connectivity index (χ0n) is 14.2. The van der Waals surface area contributed by atoms with Crippen molar-refractivity contribution >= 4 is 17.2 Å². The van der Waals surface area contributed by atoms with Gasteiger partial charge in [0.2, 0.25) is 5.91 Å². The molecule has 7 heteroatoms. The van der Waals surface area contributed by atoms with Gasteiger partial charge in [-0.25, -0.2) is 4.98 Å². The molecule has 1 amide bonds. The van der Waals surface area contributed by atoms with Gasteiger partial charge in [-0.15, -0.1) is 11.3 Å². The van der Waals surface area contributed by atoms with Crippen LogP contribution in [0.1, 0.15) is 28.6 Å².